The summed E-state index contributed by atoms with van der Waals surface area (Å²) >= 11 is 0. The van der Waals surface area contributed by atoms with Gasteiger partial charge in [-0.3, -0.25) is 4.79 Å². The number of hydrogen-bond acceptors (Lipinski definition) is 2. The van der Waals surface area contributed by atoms with Crippen LogP contribution in [-0.4, -0.2) is 17.6 Å². The quantitative estimate of drug-likeness (QED) is 0.668. The average Bonchev–Trinajstić information content (AvgIpc) is 2.93. The lowest BCUT2D eigenvalue weighted by Gasteiger charge is -2.09. The minimum atomic E-state index is -0.203. The van der Waals surface area contributed by atoms with Crippen LogP contribution >= 0.6 is 0 Å². The second kappa shape index (κ2) is 6.69. The second-order valence-corrected chi connectivity index (χ2v) is 5.69. The highest BCUT2D eigenvalue weighted by atomic mass is 16.5. The predicted octanol–water partition coefficient (Wildman–Crippen LogP) is 3.97. The molecule has 1 heterocycles. The Hall–Kier alpha value is -2.55. The molecule has 3 heteroatoms. The summed E-state index contributed by atoms with van der Waals surface area (Å²) in [5.74, 6) is -0.203. The fourth-order valence-corrected chi connectivity index (χ4v) is 3.07. The van der Waals surface area contributed by atoms with Crippen molar-refractivity contribution in [2.75, 3.05) is 7.11 Å². The van der Waals surface area contributed by atoms with Crippen LogP contribution in [0.4, 0.5) is 0 Å². The van der Waals surface area contributed by atoms with Gasteiger partial charge in [0.05, 0.1) is 19.0 Å². The number of benzene rings is 2. The molecule has 0 aliphatic rings. The third kappa shape index (κ3) is 3.14. The molecule has 0 aliphatic heterocycles. The van der Waals surface area contributed by atoms with Crippen molar-refractivity contribution in [3.63, 3.8) is 0 Å². The first kappa shape index (κ1) is 15.3. The van der Waals surface area contributed by atoms with Gasteiger partial charge in [-0.25, -0.2) is 0 Å². The number of fused-ring (bicyclic) bond motifs is 1. The summed E-state index contributed by atoms with van der Waals surface area (Å²) in [5, 5.41) is 1.14. The molecule has 3 aromatic rings. The molecule has 3 nitrogen and oxygen atoms in total. The number of hydrogen-bond donors (Lipinski definition) is 0. The number of carbonyl (C=O) groups excluding carboxylic acids is 1. The number of aryl methyl sites for hydroxylation is 1. The highest BCUT2D eigenvalue weighted by Gasteiger charge is 2.14. The van der Waals surface area contributed by atoms with E-state index in [1.807, 2.05) is 6.07 Å². The molecule has 3 rings (SSSR count). The van der Waals surface area contributed by atoms with Crippen LogP contribution in [0.1, 0.15) is 23.6 Å². The Morgan fingerprint density at radius 3 is 2.52 bits per heavy atom. The number of methoxy groups -OCH3 is 1. The van der Waals surface area contributed by atoms with Gasteiger partial charge in [-0.05, 0) is 23.1 Å². The molecule has 0 saturated carbocycles. The SMILES string of the molecule is CCc1cccc2c(CC(=O)OC)cn(Cc3ccccc3)c12. The van der Waals surface area contributed by atoms with E-state index in [1.54, 1.807) is 0 Å². The fourth-order valence-electron chi connectivity index (χ4n) is 3.07. The minimum absolute atomic E-state index is 0.203. The van der Waals surface area contributed by atoms with Gasteiger partial charge in [0.2, 0.25) is 0 Å². The Bertz CT molecular complexity index is 818. The fraction of sp³-hybridized carbons (Fsp3) is 0.250. The molecular formula is C20H21NO2. The molecule has 0 unspecified atom stereocenters. The molecular weight excluding hydrogens is 286 g/mol. The number of rotatable bonds is 5. The molecule has 1 aromatic heterocycles. The number of carbonyl (C=O) groups is 1. The Morgan fingerprint density at radius 1 is 1.04 bits per heavy atom. The highest BCUT2D eigenvalue weighted by Crippen LogP contribution is 2.27. The van der Waals surface area contributed by atoms with E-state index in [4.69, 9.17) is 4.74 Å². The van der Waals surface area contributed by atoms with E-state index in [2.05, 4.69) is 60.2 Å². The zero-order valence-electron chi connectivity index (χ0n) is 13.6. The van der Waals surface area contributed by atoms with E-state index < -0.39 is 0 Å². The zero-order chi connectivity index (χ0) is 16.2. The van der Waals surface area contributed by atoms with Crippen LogP contribution in [-0.2, 0) is 28.9 Å². The zero-order valence-corrected chi connectivity index (χ0v) is 13.6. The Morgan fingerprint density at radius 2 is 1.83 bits per heavy atom. The van der Waals surface area contributed by atoms with Gasteiger partial charge >= 0.3 is 5.97 Å². The molecule has 0 saturated heterocycles. The van der Waals surface area contributed by atoms with E-state index in [0.717, 1.165) is 23.9 Å². The molecule has 0 atom stereocenters. The smallest absolute Gasteiger partial charge is 0.310 e. The lowest BCUT2D eigenvalue weighted by molar-refractivity contribution is -0.139. The van der Waals surface area contributed by atoms with Gasteiger partial charge in [0.1, 0.15) is 0 Å². The molecule has 2 aromatic carbocycles. The van der Waals surface area contributed by atoms with E-state index in [9.17, 15) is 4.79 Å². The van der Waals surface area contributed by atoms with Crippen molar-refractivity contribution in [3.8, 4) is 0 Å². The van der Waals surface area contributed by atoms with Crippen LogP contribution in [0, 0.1) is 0 Å². The third-order valence-electron chi connectivity index (χ3n) is 4.20. The van der Waals surface area contributed by atoms with Crippen molar-refractivity contribution in [1.29, 1.82) is 0 Å². The largest absolute Gasteiger partial charge is 0.469 e. The average molecular weight is 307 g/mol. The second-order valence-electron chi connectivity index (χ2n) is 5.69. The van der Waals surface area contributed by atoms with Gasteiger partial charge in [-0.2, -0.15) is 0 Å². The predicted molar refractivity (Wildman–Crippen MR) is 92.6 cm³/mol. The number of nitrogens with zero attached hydrogens (tertiary/aromatic N) is 1. The van der Waals surface area contributed by atoms with Gasteiger partial charge in [0.25, 0.3) is 0 Å². The summed E-state index contributed by atoms with van der Waals surface area (Å²) in [6.45, 7) is 2.96. The summed E-state index contributed by atoms with van der Waals surface area (Å²) in [6, 6.07) is 16.7. The van der Waals surface area contributed by atoms with Crippen LogP contribution < -0.4 is 0 Å². The molecule has 118 valence electrons. The van der Waals surface area contributed by atoms with Crippen molar-refractivity contribution in [3.05, 3.63) is 71.4 Å². The molecule has 0 fully saturated rings. The molecule has 0 spiro atoms. The van der Waals surface area contributed by atoms with Crippen LogP contribution in [0.15, 0.2) is 54.7 Å². The Kier molecular flexibility index (Phi) is 4.47. The number of ether oxygens (including phenoxy) is 1. The summed E-state index contributed by atoms with van der Waals surface area (Å²) in [7, 11) is 1.43. The first-order valence-electron chi connectivity index (χ1n) is 7.93. The van der Waals surface area contributed by atoms with Gasteiger partial charge in [0.15, 0.2) is 0 Å². The van der Waals surface area contributed by atoms with Crippen molar-refractivity contribution in [1.82, 2.24) is 4.57 Å². The molecule has 23 heavy (non-hydrogen) atoms. The van der Waals surface area contributed by atoms with Crippen molar-refractivity contribution in [2.45, 2.75) is 26.3 Å². The number of aromatic nitrogens is 1. The van der Waals surface area contributed by atoms with Crippen molar-refractivity contribution in [2.24, 2.45) is 0 Å². The maximum Gasteiger partial charge on any atom is 0.310 e. The number of para-hydroxylation sites is 1. The van der Waals surface area contributed by atoms with Crippen LogP contribution in [0.3, 0.4) is 0 Å². The van der Waals surface area contributed by atoms with Crippen molar-refractivity contribution < 1.29 is 9.53 Å². The topological polar surface area (TPSA) is 31.2 Å². The Balaban J connectivity index is 2.10. The summed E-state index contributed by atoms with van der Waals surface area (Å²) in [5.41, 5.74) is 4.80. The monoisotopic (exact) mass is 307 g/mol. The van der Waals surface area contributed by atoms with Crippen molar-refractivity contribution >= 4 is 16.9 Å². The molecule has 0 aliphatic carbocycles. The summed E-state index contributed by atoms with van der Waals surface area (Å²) in [4.78, 5) is 11.7. The van der Waals surface area contributed by atoms with Gasteiger partial charge in [-0.1, -0.05) is 55.5 Å². The third-order valence-corrected chi connectivity index (χ3v) is 4.20. The number of esters is 1. The summed E-state index contributed by atoms with van der Waals surface area (Å²) in [6.07, 6.45) is 3.36. The lowest BCUT2D eigenvalue weighted by Crippen LogP contribution is -2.04. The highest BCUT2D eigenvalue weighted by molar-refractivity contribution is 5.90. The summed E-state index contributed by atoms with van der Waals surface area (Å²) < 4.78 is 7.09. The molecule has 0 radical (unpaired) electrons. The van der Waals surface area contributed by atoms with E-state index in [0.29, 0.717) is 6.42 Å². The molecule has 0 bridgehead atoms. The first-order valence-corrected chi connectivity index (χ1v) is 7.93. The van der Waals surface area contributed by atoms with E-state index in [-0.39, 0.29) is 5.97 Å². The first-order chi connectivity index (χ1) is 11.2. The van der Waals surface area contributed by atoms with Gasteiger partial charge in [-0.15, -0.1) is 0 Å². The molecule has 0 N–H and O–H groups in total. The van der Waals surface area contributed by atoms with E-state index >= 15 is 0 Å². The van der Waals surface area contributed by atoms with Crippen LogP contribution in [0.2, 0.25) is 0 Å². The van der Waals surface area contributed by atoms with E-state index in [1.165, 1.54) is 23.8 Å². The standard InChI is InChI=1S/C20H21NO2/c1-3-16-10-7-11-18-17(12-19(22)23-2)14-21(20(16)18)13-15-8-5-4-6-9-15/h4-11,14H,3,12-13H2,1-2H3. The normalized spacial score (nSPS) is 10.9. The Labute approximate surface area is 136 Å². The van der Waals surface area contributed by atoms with Gasteiger partial charge in [0, 0.05) is 18.1 Å². The minimum Gasteiger partial charge on any atom is -0.469 e. The molecule has 0 amide bonds. The maximum absolute atomic E-state index is 11.7. The van der Waals surface area contributed by atoms with Crippen LogP contribution in [0.5, 0.6) is 0 Å². The maximum atomic E-state index is 11.7. The van der Waals surface area contributed by atoms with Gasteiger partial charge < -0.3 is 9.30 Å². The lowest BCUT2D eigenvalue weighted by atomic mass is 10.1. The van der Waals surface area contributed by atoms with Crippen LogP contribution in [0.25, 0.3) is 10.9 Å².